The number of anilines is 1. The highest BCUT2D eigenvalue weighted by Gasteiger charge is 2.26. The average molecular weight is 474 g/mol. The van der Waals surface area contributed by atoms with Crippen LogP contribution in [-0.2, 0) is 16.0 Å². The maximum Gasteiger partial charge on any atom is 0.291 e. The monoisotopic (exact) mass is 473 g/mol. The molecule has 0 spiro atoms. The van der Waals surface area contributed by atoms with Crippen LogP contribution in [0.4, 0.5) is 5.69 Å². The van der Waals surface area contributed by atoms with Gasteiger partial charge in [0.15, 0.2) is 5.76 Å². The van der Waals surface area contributed by atoms with E-state index in [2.05, 4.69) is 5.32 Å². The summed E-state index contributed by atoms with van der Waals surface area (Å²) in [7, 11) is 0. The van der Waals surface area contributed by atoms with Crippen LogP contribution in [0.1, 0.15) is 48.2 Å². The molecule has 1 aromatic heterocycles. The minimum Gasteiger partial charge on any atom is -0.451 e. The molecule has 3 aromatic rings. The van der Waals surface area contributed by atoms with Gasteiger partial charge < -0.3 is 19.5 Å². The maximum atomic E-state index is 12.8. The third-order valence-electron chi connectivity index (χ3n) is 7.14. The molecule has 182 valence electrons. The van der Waals surface area contributed by atoms with Gasteiger partial charge in [0, 0.05) is 43.7 Å². The molecule has 7 nitrogen and oxygen atoms in total. The van der Waals surface area contributed by atoms with Gasteiger partial charge in [0.1, 0.15) is 5.58 Å². The fourth-order valence-electron chi connectivity index (χ4n) is 5.07. The molecule has 2 aliphatic rings. The molecule has 2 aromatic carbocycles. The van der Waals surface area contributed by atoms with E-state index in [9.17, 15) is 14.4 Å². The average Bonchev–Trinajstić information content (AvgIpc) is 3.55. The molecule has 5 rings (SSSR count). The van der Waals surface area contributed by atoms with Gasteiger partial charge in [-0.05, 0) is 48.6 Å². The maximum absolute atomic E-state index is 12.8. The number of benzene rings is 2. The summed E-state index contributed by atoms with van der Waals surface area (Å²) in [4.78, 5) is 41.6. The Morgan fingerprint density at radius 2 is 1.51 bits per heavy atom. The summed E-state index contributed by atoms with van der Waals surface area (Å²) in [6.07, 6.45) is 5.80. The molecule has 0 bridgehead atoms. The van der Waals surface area contributed by atoms with Crippen molar-refractivity contribution in [3.63, 3.8) is 0 Å². The van der Waals surface area contributed by atoms with Gasteiger partial charge in [-0.25, -0.2) is 0 Å². The molecule has 1 saturated heterocycles. The van der Waals surface area contributed by atoms with Crippen molar-refractivity contribution in [3.05, 3.63) is 65.9 Å². The number of piperazine rings is 1. The second kappa shape index (κ2) is 10.3. The minimum atomic E-state index is -0.314. The number of rotatable bonds is 6. The molecule has 0 unspecified atom stereocenters. The minimum absolute atomic E-state index is 0.0620. The van der Waals surface area contributed by atoms with Crippen LogP contribution in [0.3, 0.4) is 0 Å². The van der Waals surface area contributed by atoms with Crippen LogP contribution in [0.25, 0.3) is 11.0 Å². The van der Waals surface area contributed by atoms with Gasteiger partial charge in [0.2, 0.25) is 11.8 Å². The van der Waals surface area contributed by atoms with Crippen molar-refractivity contribution in [2.24, 2.45) is 5.92 Å². The summed E-state index contributed by atoms with van der Waals surface area (Å²) in [5, 5.41) is 3.72. The molecule has 7 heteroatoms. The van der Waals surface area contributed by atoms with E-state index in [0.29, 0.717) is 56.2 Å². The lowest BCUT2D eigenvalue weighted by Gasteiger charge is -2.35. The molecule has 2 fully saturated rings. The van der Waals surface area contributed by atoms with Gasteiger partial charge >= 0.3 is 0 Å². The summed E-state index contributed by atoms with van der Waals surface area (Å²) >= 11 is 0. The van der Waals surface area contributed by atoms with Gasteiger partial charge in [-0.3, -0.25) is 14.4 Å². The first-order chi connectivity index (χ1) is 17.0. The quantitative estimate of drug-likeness (QED) is 0.572. The zero-order valence-electron chi connectivity index (χ0n) is 19.9. The number of furan rings is 1. The number of hydrogen-bond acceptors (Lipinski definition) is 4. The molecule has 1 aliphatic carbocycles. The van der Waals surface area contributed by atoms with E-state index in [1.807, 2.05) is 46.2 Å². The number of nitrogens with one attached hydrogen (secondary N) is 1. The number of carbonyl (C=O) groups excluding carboxylic acids is 3. The summed E-state index contributed by atoms with van der Waals surface area (Å²) in [6, 6.07) is 16.5. The molecule has 1 saturated carbocycles. The molecule has 1 N–H and O–H groups in total. The van der Waals surface area contributed by atoms with Crippen LogP contribution in [0.15, 0.2) is 59.0 Å². The Bertz CT molecular complexity index is 1170. The van der Waals surface area contributed by atoms with Crippen LogP contribution in [0.2, 0.25) is 0 Å². The second-order valence-electron chi connectivity index (χ2n) is 9.59. The van der Waals surface area contributed by atoms with Gasteiger partial charge in [0.25, 0.3) is 5.91 Å². The normalized spacial score (nSPS) is 16.6. The number of amides is 3. The number of para-hydroxylation sites is 1. The summed E-state index contributed by atoms with van der Waals surface area (Å²) in [6.45, 7) is 2.40. The highest BCUT2D eigenvalue weighted by atomic mass is 16.3. The van der Waals surface area contributed by atoms with Gasteiger partial charge in [-0.2, -0.15) is 0 Å². The van der Waals surface area contributed by atoms with E-state index in [-0.39, 0.29) is 23.5 Å². The Labute approximate surface area is 205 Å². The molecule has 1 aliphatic heterocycles. The van der Waals surface area contributed by atoms with Crippen LogP contribution in [-0.4, -0.2) is 53.7 Å². The van der Waals surface area contributed by atoms with Crippen LogP contribution in [0.5, 0.6) is 0 Å². The second-order valence-corrected chi connectivity index (χ2v) is 9.59. The number of carbonyl (C=O) groups is 3. The van der Waals surface area contributed by atoms with Crippen molar-refractivity contribution in [3.8, 4) is 0 Å². The predicted octanol–water partition coefficient (Wildman–Crippen LogP) is 4.48. The Balaban J connectivity index is 1.09. The summed E-state index contributed by atoms with van der Waals surface area (Å²) in [5.41, 5.74) is 2.20. The van der Waals surface area contributed by atoms with Crippen molar-refractivity contribution in [2.75, 3.05) is 31.5 Å². The molecular formula is C28H31N3O4. The molecule has 35 heavy (non-hydrogen) atoms. The zero-order chi connectivity index (χ0) is 24.2. The van der Waals surface area contributed by atoms with E-state index in [0.717, 1.165) is 10.9 Å². The Morgan fingerprint density at radius 1 is 0.857 bits per heavy atom. The number of hydrogen-bond donors (Lipinski definition) is 1. The van der Waals surface area contributed by atoms with E-state index >= 15 is 0 Å². The van der Waals surface area contributed by atoms with Crippen molar-refractivity contribution in [2.45, 2.75) is 38.5 Å². The fourth-order valence-corrected chi connectivity index (χ4v) is 5.07. The Hall–Kier alpha value is -3.61. The number of nitrogens with zero attached hydrogens (tertiary/aromatic N) is 2. The highest BCUT2D eigenvalue weighted by molar-refractivity contribution is 6.04. The zero-order valence-corrected chi connectivity index (χ0v) is 19.9. The largest absolute Gasteiger partial charge is 0.451 e. The van der Waals surface area contributed by atoms with Gasteiger partial charge in [-0.1, -0.05) is 43.2 Å². The van der Waals surface area contributed by atoms with E-state index < -0.39 is 0 Å². The first-order valence-electron chi connectivity index (χ1n) is 12.5. The first kappa shape index (κ1) is 23.1. The van der Waals surface area contributed by atoms with Crippen molar-refractivity contribution >= 4 is 34.4 Å². The fraction of sp³-hybridized carbons (Fsp3) is 0.393. The molecular weight excluding hydrogens is 442 g/mol. The molecule has 0 radical (unpaired) electrons. The van der Waals surface area contributed by atoms with E-state index in [4.69, 9.17) is 4.42 Å². The molecule has 3 amide bonds. The summed E-state index contributed by atoms with van der Waals surface area (Å²) in [5.74, 6) is 0.793. The third kappa shape index (κ3) is 5.56. The van der Waals surface area contributed by atoms with Crippen LogP contribution >= 0.6 is 0 Å². The van der Waals surface area contributed by atoms with Crippen LogP contribution < -0.4 is 5.32 Å². The van der Waals surface area contributed by atoms with E-state index in [1.165, 1.54) is 25.7 Å². The molecule has 2 heterocycles. The van der Waals surface area contributed by atoms with Crippen molar-refractivity contribution in [1.29, 1.82) is 0 Å². The molecule has 0 atom stereocenters. The van der Waals surface area contributed by atoms with Crippen molar-refractivity contribution < 1.29 is 18.8 Å². The number of fused-ring (bicyclic) bond motifs is 1. The van der Waals surface area contributed by atoms with Gasteiger partial charge in [0.05, 0.1) is 6.42 Å². The third-order valence-corrected chi connectivity index (χ3v) is 7.14. The topological polar surface area (TPSA) is 82.9 Å². The lowest BCUT2D eigenvalue weighted by Crippen LogP contribution is -2.51. The van der Waals surface area contributed by atoms with Gasteiger partial charge in [-0.15, -0.1) is 0 Å². The lowest BCUT2D eigenvalue weighted by atomic mass is 10.0. The Morgan fingerprint density at radius 3 is 2.20 bits per heavy atom. The SMILES string of the molecule is O=C(Nc1ccc(CC(=O)N2CCN(C(=O)CC3CCCC3)CC2)cc1)c1cc2ccccc2o1. The standard InChI is InChI=1S/C28H31N3O4/c32-26(17-20-5-1-2-6-20)30-13-15-31(16-14-30)27(33)18-21-9-11-23(12-10-21)29-28(34)25-19-22-7-3-4-8-24(22)35-25/h3-4,7-12,19-20H,1-2,5-6,13-18H2,(H,29,34). The van der Waals surface area contributed by atoms with Crippen LogP contribution in [0, 0.1) is 5.92 Å². The predicted molar refractivity (Wildman–Crippen MR) is 134 cm³/mol. The summed E-state index contributed by atoms with van der Waals surface area (Å²) < 4.78 is 5.61. The highest BCUT2D eigenvalue weighted by Crippen LogP contribution is 2.28. The first-order valence-corrected chi connectivity index (χ1v) is 12.5. The van der Waals surface area contributed by atoms with E-state index in [1.54, 1.807) is 18.2 Å². The van der Waals surface area contributed by atoms with Crippen molar-refractivity contribution in [1.82, 2.24) is 9.80 Å². The Kier molecular flexibility index (Phi) is 6.84. The smallest absolute Gasteiger partial charge is 0.291 e. The lowest BCUT2D eigenvalue weighted by molar-refractivity contribution is -0.139.